The van der Waals surface area contributed by atoms with Gasteiger partial charge in [0.05, 0.1) is 24.9 Å². The summed E-state index contributed by atoms with van der Waals surface area (Å²) in [6, 6.07) is 16.4. The third-order valence-electron chi connectivity index (χ3n) is 4.60. The number of hydrazone groups is 1. The van der Waals surface area contributed by atoms with E-state index in [4.69, 9.17) is 9.15 Å². The number of nitrogens with zero attached hydrogens (tertiary/aromatic N) is 1. The van der Waals surface area contributed by atoms with Crippen LogP contribution in [0.4, 0.5) is 5.69 Å². The number of para-hydroxylation sites is 1. The van der Waals surface area contributed by atoms with E-state index in [9.17, 15) is 9.59 Å². The number of hydrogen-bond acceptors (Lipinski definition) is 6. The standard InChI is InChI=1S/C24H25N3O4/c1-4-30-24(29)19-10-8-18(9-11-19)21-13-12-20(31-21)14-26-27-22(28)15-25-23-16(2)6-5-7-17(23)3/h5-14,25H,4,15H2,1-3H3,(H,27,28)/b26-14-. The number of hydrogen-bond donors (Lipinski definition) is 2. The molecule has 1 amide bonds. The Morgan fingerprint density at radius 3 is 2.42 bits per heavy atom. The molecule has 1 heterocycles. The normalized spacial score (nSPS) is 10.8. The van der Waals surface area contributed by atoms with Gasteiger partial charge in [-0.15, -0.1) is 0 Å². The molecule has 2 N–H and O–H groups in total. The number of carbonyl (C=O) groups is 2. The first-order valence-corrected chi connectivity index (χ1v) is 9.97. The van der Waals surface area contributed by atoms with Crippen molar-refractivity contribution in [1.29, 1.82) is 0 Å². The summed E-state index contributed by atoms with van der Waals surface area (Å²) in [5.41, 5.74) is 6.88. The topological polar surface area (TPSA) is 92.9 Å². The SMILES string of the molecule is CCOC(=O)c1ccc(-c2ccc(/C=N\NC(=O)CNc3c(C)cccc3C)o2)cc1. The number of esters is 1. The smallest absolute Gasteiger partial charge is 0.338 e. The summed E-state index contributed by atoms with van der Waals surface area (Å²) in [5.74, 6) is 0.497. The van der Waals surface area contributed by atoms with Crippen LogP contribution in [0.15, 0.2) is 64.1 Å². The minimum Gasteiger partial charge on any atom is -0.462 e. The number of anilines is 1. The van der Waals surface area contributed by atoms with Gasteiger partial charge in [0.2, 0.25) is 0 Å². The van der Waals surface area contributed by atoms with Gasteiger partial charge >= 0.3 is 5.97 Å². The lowest BCUT2D eigenvalue weighted by molar-refractivity contribution is -0.119. The molecule has 160 valence electrons. The third kappa shape index (κ3) is 5.82. The number of carbonyl (C=O) groups excluding carboxylic acids is 2. The maximum atomic E-state index is 12.0. The second kappa shape index (κ2) is 10.2. The number of rotatable bonds is 8. The summed E-state index contributed by atoms with van der Waals surface area (Å²) in [6.07, 6.45) is 1.44. The maximum absolute atomic E-state index is 12.0. The van der Waals surface area contributed by atoms with E-state index in [1.165, 1.54) is 6.21 Å². The van der Waals surface area contributed by atoms with Crippen LogP contribution in [0.1, 0.15) is 34.2 Å². The molecule has 0 unspecified atom stereocenters. The summed E-state index contributed by atoms with van der Waals surface area (Å²) >= 11 is 0. The number of nitrogens with one attached hydrogen (secondary N) is 2. The molecule has 7 heteroatoms. The molecule has 0 aliphatic carbocycles. The predicted octanol–water partition coefficient (Wildman–Crippen LogP) is 4.30. The van der Waals surface area contributed by atoms with Crippen molar-refractivity contribution in [3.63, 3.8) is 0 Å². The van der Waals surface area contributed by atoms with Crippen molar-refractivity contribution in [2.45, 2.75) is 20.8 Å². The molecule has 0 saturated heterocycles. The Morgan fingerprint density at radius 2 is 1.74 bits per heavy atom. The lowest BCUT2D eigenvalue weighted by Crippen LogP contribution is -2.26. The fraction of sp³-hybridized carbons (Fsp3) is 0.208. The van der Waals surface area contributed by atoms with Gasteiger partial charge in [0.1, 0.15) is 11.5 Å². The van der Waals surface area contributed by atoms with Gasteiger partial charge in [-0.25, -0.2) is 10.2 Å². The fourth-order valence-electron chi connectivity index (χ4n) is 3.03. The molecule has 0 atom stereocenters. The Labute approximate surface area is 181 Å². The van der Waals surface area contributed by atoms with Crippen molar-refractivity contribution >= 4 is 23.8 Å². The molecule has 0 fully saturated rings. The molecular weight excluding hydrogens is 394 g/mol. The van der Waals surface area contributed by atoms with E-state index < -0.39 is 0 Å². The van der Waals surface area contributed by atoms with Gasteiger partial charge in [0.15, 0.2) is 0 Å². The molecule has 2 aromatic carbocycles. The molecule has 0 aliphatic heterocycles. The highest BCUT2D eigenvalue weighted by Crippen LogP contribution is 2.22. The molecule has 31 heavy (non-hydrogen) atoms. The van der Waals surface area contributed by atoms with E-state index >= 15 is 0 Å². The van der Waals surface area contributed by atoms with Crippen molar-refractivity contribution in [2.75, 3.05) is 18.5 Å². The Kier molecular flexibility index (Phi) is 7.22. The minimum absolute atomic E-state index is 0.110. The molecule has 0 radical (unpaired) electrons. The third-order valence-corrected chi connectivity index (χ3v) is 4.60. The molecule has 7 nitrogen and oxygen atoms in total. The highest BCUT2D eigenvalue weighted by Gasteiger charge is 2.09. The lowest BCUT2D eigenvalue weighted by atomic mass is 10.1. The number of amides is 1. The van der Waals surface area contributed by atoms with Crippen LogP contribution >= 0.6 is 0 Å². The molecular formula is C24H25N3O4. The highest BCUT2D eigenvalue weighted by molar-refractivity contribution is 5.90. The zero-order valence-corrected chi connectivity index (χ0v) is 17.8. The van der Waals surface area contributed by atoms with E-state index in [0.717, 1.165) is 22.4 Å². The zero-order valence-electron chi connectivity index (χ0n) is 17.8. The molecule has 0 bridgehead atoms. The van der Waals surface area contributed by atoms with E-state index in [1.807, 2.05) is 32.0 Å². The zero-order chi connectivity index (χ0) is 22.2. The second-order valence-electron chi connectivity index (χ2n) is 6.91. The average Bonchev–Trinajstić information content (AvgIpc) is 3.22. The Hall–Kier alpha value is -3.87. The number of aryl methyl sites for hydroxylation is 2. The predicted molar refractivity (Wildman–Crippen MR) is 120 cm³/mol. The Bertz CT molecular complexity index is 1060. The molecule has 0 spiro atoms. The van der Waals surface area contributed by atoms with Gasteiger partial charge in [-0.05, 0) is 56.2 Å². The lowest BCUT2D eigenvalue weighted by Gasteiger charge is -2.11. The summed E-state index contributed by atoms with van der Waals surface area (Å²) < 4.78 is 10.7. The van der Waals surface area contributed by atoms with E-state index in [1.54, 1.807) is 43.3 Å². The number of furan rings is 1. The average molecular weight is 419 g/mol. The van der Waals surface area contributed by atoms with Crippen molar-refractivity contribution < 1.29 is 18.7 Å². The van der Waals surface area contributed by atoms with Crippen molar-refractivity contribution in [2.24, 2.45) is 5.10 Å². The monoisotopic (exact) mass is 419 g/mol. The van der Waals surface area contributed by atoms with Gasteiger partial charge in [0.25, 0.3) is 5.91 Å². The summed E-state index contributed by atoms with van der Waals surface area (Å²) in [6.45, 7) is 6.19. The van der Waals surface area contributed by atoms with Crippen LogP contribution in [0.3, 0.4) is 0 Å². The van der Waals surface area contributed by atoms with Crippen molar-refractivity contribution in [3.05, 3.63) is 77.0 Å². The van der Waals surface area contributed by atoms with Crippen LogP contribution in [0.2, 0.25) is 0 Å². The van der Waals surface area contributed by atoms with Gasteiger partial charge in [0, 0.05) is 11.3 Å². The maximum Gasteiger partial charge on any atom is 0.338 e. The quantitative estimate of drug-likeness (QED) is 0.323. The van der Waals surface area contributed by atoms with Crippen LogP contribution in [0.5, 0.6) is 0 Å². The Balaban J connectivity index is 1.53. The second-order valence-corrected chi connectivity index (χ2v) is 6.91. The Morgan fingerprint density at radius 1 is 1.03 bits per heavy atom. The number of benzene rings is 2. The summed E-state index contributed by atoms with van der Waals surface area (Å²) in [7, 11) is 0. The van der Waals surface area contributed by atoms with Crippen LogP contribution < -0.4 is 10.7 Å². The van der Waals surface area contributed by atoms with Crippen molar-refractivity contribution in [1.82, 2.24) is 5.43 Å². The van der Waals surface area contributed by atoms with Crippen LogP contribution in [0, 0.1) is 13.8 Å². The van der Waals surface area contributed by atoms with Gasteiger partial charge in [-0.2, -0.15) is 5.10 Å². The first-order chi connectivity index (χ1) is 15.0. The largest absolute Gasteiger partial charge is 0.462 e. The van der Waals surface area contributed by atoms with Crippen molar-refractivity contribution in [3.8, 4) is 11.3 Å². The molecule has 1 aromatic heterocycles. The van der Waals surface area contributed by atoms with E-state index in [-0.39, 0.29) is 18.4 Å². The molecule has 0 saturated carbocycles. The van der Waals surface area contributed by atoms with Gasteiger partial charge in [-0.1, -0.05) is 30.3 Å². The van der Waals surface area contributed by atoms with Gasteiger partial charge < -0.3 is 14.5 Å². The first-order valence-electron chi connectivity index (χ1n) is 9.97. The first kappa shape index (κ1) is 21.8. The van der Waals surface area contributed by atoms with Crippen LogP contribution in [0.25, 0.3) is 11.3 Å². The highest BCUT2D eigenvalue weighted by atomic mass is 16.5. The van der Waals surface area contributed by atoms with Crippen LogP contribution in [-0.2, 0) is 9.53 Å². The summed E-state index contributed by atoms with van der Waals surface area (Å²) in [5, 5.41) is 7.08. The molecule has 3 aromatic rings. The fourth-order valence-corrected chi connectivity index (χ4v) is 3.03. The minimum atomic E-state index is -0.357. The number of ether oxygens (including phenoxy) is 1. The molecule has 0 aliphatic rings. The molecule has 3 rings (SSSR count). The van der Waals surface area contributed by atoms with E-state index in [0.29, 0.717) is 23.7 Å². The summed E-state index contributed by atoms with van der Waals surface area (Å²) in [4.78, 5) is 23.8. The van der Waals surface area contributed by atoms with E-state index in [2.05, 4.69) is 15.8 Å². The van der Waals surface area contributed by atoms with Crippen LogP contribution in [-0.4, -0.2) is 31.2 Å². The van der Waals surface area contributed by atoms with Gasteiger partial charge in [-0.3, -0.25) is 4.79 Å².